The third-order valence-corrected chi connectivity index (χ3v) is 4.51. The van der Waals surface area contributed by atoms with Crippen LogP contribution in [-0.2, 0) is 19.6 Å². The Morgan fingerprint density at radius 3 is 2.25 bits per heavy atom. The van der Waals surface area contributed by atoms with Gasteiger partial charge in [0.15, 0.2) is 0 Å². The highest BCUT2D eigenvalue weighted by Crippen LogP contribution is 2.04. The van der Waals surface area contributed by atoms with Gasteiger partial charge in [0.1, 0.15) is 0 Å². The number of morpholine rings is 1. The van der Waals surface area contributed by atoms with Crippen LogP contribution in [-0.4, -0.2) is 94.7 Å². The minimum absolute atomic E-state index is 0.00759. The van der Waals surface area contributed by atoms with E-state index >= 15 is 0 Å². The van der Waals surface area contributed by atoms with E-state index in [0.717, 1.165) is 0 Å². The predicted molar refractivity (Wildman–Crippen MR) is 77.0 cm³/mol. The SMILES string of the molecule is CN(C)CCN(CCC(=O)N1CCOCC1)S(C)(=O)=O. The number of amides is 1. The van der Waals surface area contributed by atoms with E-state index in [1.54, 1.807) is 4.90 Å². The second kappa shape index (κ2) is 7.92. The zero-order valence-electron chi connectivity index (χ0n) is 12.5. The molecule has 0 saturated carbocycles. The van der Waals surface area contributed by atoms with Gasteiger partial charge < -0.3 is 14.5 Å². The summed E-state index contributed by atoms with van der Waals surface area (Å²) < 4.78 is 29.9. The molecule has 0 spiro atoms. The van der Waals surface area contributed by atoms with Gasteiger partial charge in [-0.3, -0.25) is 4.79 Å². The summed E-state index contributed by atoms with van der Waals surface area (Å²) in [5.74, 6) is -0.00759. The lowest BCUT2D eigenvalue weighted by Crippen LogP contribution is -2.43. The van der Waals surface area contributed by atoms with Crippen molar-refractivity contribution in [1.82, 2.24) is 14.1 Å². The molecule has 118 valence electrons. The Labute approximate surface area is 121 Å². The van der Waals surface area contributed by atoms with Gasteiger partial charge in [0, 0.05) is 39.1 Å². The number of ether oxygens (including phenoxy) is 1. The molecule has 1 aliphatic heterocycles. The molecule has 7 nitrogen and oxygen atoms in total. The van der Waals surface area contributed by atoms with Crippen LogP contribution in [0.3, 0.4) is 0 Å². The van der Waals surface area contributed by atoms with Gasteiger partial charge in [-0.1, -0.05) is 0 Å². The molecule has 0 aromatic carbocycles. The minimum Gasteiger partial charge on any atom is -0.378 e. The van der Waals surface area contributed by atoms with Gasteiger partial charge in [0.25, 0.3) is 0 Å². The highest BCUT2D eigenvalue weighted by Gasteiger charge is 2.21. The van der Waals surface area contributed by atoms with E-state index in [9.17, 15) is 13.2 Å². The largest absolute Gasteiger partial charge is 0.378 e. The Bertz CT molecular complexity index is 405. The lowest BCUT2D eigenvalue weighted by molar-refractivity contribution is -0.135. The maximum atomic E-state index is 12.0. The fraction of sp³-hybridized carbons (Fsp3) is 0.917. The first-order chi connectivity index (χ1) is 9.30. The molecule has 1 saturated heterocycles. The highest BCUT2D eigenvalue weighted by molar-refractivity contribution is 7.88. The summed E-state index contributed by atoms with van der Waals surface area (Å²) in [6.45, 7) is 3.58. The fourth-order valence-electron chi connectivity index (χ4n) is 1.95. The Morgan fingerprint density at radius 2 is 1.75 bits per heavy atom. The molecule has 1 rings (SSSR count). The van der Waals surface area contributed by atoms with Crippen molar-refractivity contribution in [2.75, 3.05) is 66.3 Å². The average molecular weight is 307 g/mol. The van der Waals surface area contributed by atoms with Gasteiger partial charge in [-0.2, -0.15) is 0 Å². The predicted octanol–water partition coefficient (Wildman–Crippen LogP) is -0.941. The first-order valence-corrected chi connectivity index (χ1v) is 8.61. The minimum atomic E-state index is -3.28. The van der Waals surface area contributed by atoms with Crippen molar-refractivity contribution in [3.8, 4) is 0 Å². The maximum absolute atomic E-state index is 12.0. The van der Waals surface area contributed by atoms with Gasteiger partial charge in [-0.15, -0.1) is 0 Å². The Morgan fingerprint density at radius 1 is 1.15 bits per heavy atom. The van der Waals surface area contributed by atoms with Crippen LogP contribution in [0.15, 0.2) is 0 Å². The number of hydrogen-bond acceptors (Lipinski definition) is 5. The van der Waals surface area contributed by atoms with Crippen LogP contribution in [0.25, 0.3) is 0 Å². The van der Waals surface area contributed by atoms with Gasteiger partial charge in [0.05, 0.1) is 19.5 Å². The molecular formula is C12H25N3O4S. The summed E-state index contributed by atoms with van der Waals surface area (Å²) in [6.07, 6.45) is 1.41. The van der Waals surface area contributed by atoms with Crippen molar-refractivity contribution in [2.24, 2.45) is 0 Å². The topological polar surface area (TPSA) is 70.2 Å². The third kappa shape index (κ3) is 6.17. The summed E-state index contributed by atoms with van der Waals surface area (Å²) in [5, 5.41) is 0. The van der Waals surface area contributed by atoms with E-state index in [1.807, 2.05) is 19.0 Å². The van der Waals surface area contributed by atoms with Crippen molar-refractivity contribution >= 4 is 15.9 Å². The van der Waals surface area contributed by atoms with Gasteiger partial charge in [-0.25, -0.2) is 12.7 Å². The summed E-state index contributed by atoms with van der Waals surface area (Å²) in [4.78, 5) is 15.7. The van der Waals surface area contributed by atoms with Crippen LogP contribution >= 0.6 is 0 Å². The van der Waals surface area contributed by atoms with Crippen molar-refractivity contribution in [3.05, 3.63) is 0 Å². The van der Waals surface area contributed by atoms with E-state index in [4.69, 9.17) is 4.74 Å². The molecule has 0 aromatic rings. The lowest BCUT2D eigenvalue weighted by Gasteiger charge is -2.28. The zero-order valence-corrected chi connectivity index (χ0v) is 13.4. The van der Waals surface area contributed by atoms with E-state index in [0.29, 0.717) is 39.4 Å². The van der Waals surface area contributed by atoms with Crippen molar-refractivity contribution in [1.29, 1.82) is 0 Å². The molecule has 0 radical (unpaired) electrons. The number of carbonyl (C=O) groups is 1. The summed E-state index contributed by atoms with van der Waals surface area (Å²) in [7, 11) is 0.501. The quantitative estimate of drug-likeness (QED) is 0.607. The molecule has 1 amide bonds. The zero-order chi connectivity index (χ0) is 15.2. The number of nitrogens with zero attached hydrogens (tertiary/aromatic N) is 3. The second-order valence-electron chi connectivity index (χ2n) is 5.21. The molecule has 0 unspecified atom stereocenters. The van der Waals surface area contributed by atoms with Crippen LogP contribution in [0.4, 0.5) is 0 Å². The standard InChI is InChI=1S/C12H25N3O4S/c1-13(2)6-7-15(20(3,17)18)5-4-12(16)14-8-10-19-11-9-14/h4-11H2,1-3H3. The third-order valence-electron chi connectivity index (χ3n) is 3.20. The van der Waals surface area contributed by atoms with Gasteiger partial charge in [-0.05, 0) is 14.1 Å². The molecule has 0 aliphatic carbocycles. The molecule has 0 atom stereocenters. The molecular weight excluding hydrogens is 282 g/mol. The fourth-order valence-corrected chi connectivity index (χ4v) is 2.78. The number of hydrogen-bond donors (Lipinski definition) is 0. The molecule has 0 N–H and O–H groups in total. The molecule has 8 heteroatoms. The molecule has 1 heterocycles. The van der Waals surface area contributed by atoms with Gasteiger partial charge >= 0.3 is 0 Å². The first-order valence-electron chi connectivity index (χ1n) is 6.76. The van der Waals surface area contributed by atoms with Crippen LogP contribution in [0.5, 0.6) is 0 Å². The molecule has 0 bridgehead atoms. The van der Waals surface area contributed by atoms with Crippen LogP contribution < -0.4 is 0 Å². The Kier molecular flexibility index (Phi) is 6.87. The van der Waals surface area contributed by atoms with Crippen LogP contribution in [0, 0.1) is 0 Å². The van der Waals surface area contributed by atoms with Crippen molar-refractivity contribution in [2.45, 2.75) is 6.42 Å². The maximum Gasteiger partial charge on any atom is 0.224 e. The van der Waals surface area contributed by atoms with E-state index < -0.39 is 10.0 Å². The summed E-state index contributed by atoms with van der Waals surface area (Å²) in [6, 6.07) is 0. The van der Waals surface area contributed by atoms with E-state index in [-0.39, 0.29) is 18.9 Å². The Hall–Kier alpha value is -0.700. The summed E-state index contributed by atoms with van der Waals surface area (Å²) in [5.41, 5.74) is 0. The number of carbonyl (C=O) groups excluding carboxylic acids is 1. The molecule has 20 heavy (non-hydrogen) atoms. The highest BCUT2D eigenvalue weighted by atomic mass is 32.2. The molecule has 1 aliphatic rings. The van der Waals surface area contributed by atoms with Crippen molar-refractivity contribution < 1.29 is 17.9 Å². The average Bonchev–Trinajstić information content (AvgIpc) is 2.37. The number of sulfonamides is 1. The Balaban J connectivity index is 2.46. The monoisotopic (exact) mass is 307 g/mol. The number of likely N-dealkylation sites (N-methyl/N-ethyl adjacent to an activating group) is 1. The van der Waals surface area contributed by atoms with Crippen LogP contribution in [0.2, 0.25) is 0 Å². The molecule has 1 fully saturated rings. The second-order valence-corrected chi connectivity index (χ2v) is 7.19. The summed E-state index contributed by atoms with van der Waals surface area (Å²) >= 11 is 0. The smallest absolute Gasteiger partial charge is 0.224 e. The number of rotatable bonds is 7. The van der Waals surface area contributed by atoms with Gasteiger partial charge in [0.2, 0.25) is 15.9 Å². The first kappa shape index (κ1) is 17.4. The van der Waals surface area contributed by atoms with Crippen molar-refractivity contribution in [3.63, 3.8) is 0 Å². The molecule has 0 aromatic heterocycles. The van der Waals surface area contributed by atoms with E-state index in [2.05, 4.69) is 0 Å². The van der Waals surface area contributed by atoms with E-state index in [1.165, 1.54) is 10.6 Å². The van der Waals surface area contributed by atoms with Crippen LogP contribution in [0.1, 0.15) is 6.42 Å². The normalized spacial score (nSPS) is 16.9. The lowest BCUT2D eigenvalue weighted by atomic mass is 10.3.